The lowest BCUT2D eigenvalue weighted by Gasteiger charge is -2.41. The zero-order valence-electron chi connectivity index (χ0n) is 11.5. The van der Waals surface area contributed by atoms with E-state index in [1.54, 1.807) is 0 Å². The van der Waals surface area contributed by atoms with Gasteiger partial charge in [-0.3, -0.25) is 14.6 Å². The molecule has 0 radical (unpaired) electrons. The average molecular weight is 319 g/mol. The molecule has 0 unspecified atom stereocenters. The molecular weight excluding hydrogens is 302 g/mol. The Kier molecular flexibility index (Phi) is 4.19. The number of rotatable bonds is 3. The van der Waals surface area contributed by atoms with Gasteiger partial charge in [-0.2, -0.15) is 0 Å². The van der Waals surface area contributed by atoms with E-state index in [0.717, 1.165) is 16.3 Å². The number of amides is 2. The standard InChI is InChI=1S/C11H17N3O6S/c1-21(19,20)12-7-4-5-9(15)13-6-2-3-8(11(17)18)14(13)10(7)16/h7-8,12H,2-6H2,1H3,(H,17,18)/t7-,8-/m0/s1. The maximum absolute atomic E-state index is 12.5. The van der Waals surface area contributed by atoms with E-state index in [9.17, 15) is 27.9 Å². The van der Waals surface area contributed by atoms with Gasteiger partial charge in [-0.05, 0) is 19.3 Å². The van der Waals surface area contributed by atoms with Gasteiger partial charge in [0.25, 0.3) is 5.91 Å². The smallest absolute Gasteiger partial charge is 0.328 e. The van der Waals surface area contributed by atoms with Crippen LogP contribution in [0.1, 0.15) is 25.7 Å². The topological polar surface area (TPSA) is 124 Å². The molecule has 2 heterocycles. The third-order valence-corrected chi connectivity index (χ3v) is 4.22. The number of hydrogen-bond acceptors (Lipinski definition) is 5. The van der Waals surface area contributed by atoms with Crippen molar-refractivity contribution in [2.24, 2.45) is 0 Å². The van der Waals surface area contributed by atoms with Crippen molar-refractivity contribution in [1.29, 1.82) is 0 Å². The van der Waals surface area contributed by atoms with E-state index in [-0.39, 0.29) is 31.7 Å². The minimum absolute atomic E-state index is 0.0121. The number of carbonyl (C=O) groups excluding carboxylic acids is 2. The van der Waals surface area contributed by atoms with Crippen LogP contribution in [0.25, 0.3) is 0 Å². The molecule has 21 heavy (non-hydrogen) atoms. The summed E-state index contributed by atoms with van der Waals surface area (Å²) in [6.45, 7) is 0.264. The number of carbonyl (C=O) groups is 3. The first-order valence-corrected chi connectivity index (χ1v) is 8.43. The average Bonchev–Trinajstić information content (AvgIpc) is 2.49. The van der Waals surface area contributed by atoms with Gasteiger partial charge in [-0.1, -0.05) is 0 Å². The molecule has 9 nitrogen and oxygen atoms in total. The Morgan fingerprint density at radius 2 is 2.00 bits per heavy atom. The van der Waals surface area contributed by atoms with Crippen LogP contribution in [0.4, 0.5) is 0 Å². The first-order valence-electron chi connectivity index (χ1n) is 6.54. The van der Waals surface area contributed by atoms with Crippen molar-refractivity contribution in [2.45, 2.75) is 37.8 Å². The Morgan fingerprint density at radius 3 is 2.57 bits per heavy atom. The number of sulfonamides is 1. The van der Waals surface area contributed by atoms with E-state index in [1.165, 1.54) is 0 Å². The first-order chi connectivity index (χ1) is 9.70. The van der Waals surface area contributed by atoms with Gasteiger partial charge in [0.1, 0.15) is 6.04 Å². The monoisotopic (exact) mass is 319 g/mol. The Morgan fingerprint density at radius 1 is 1.33 bits per heavy atom. The first kappa shape index (κ1) is 15.7. The van der Waals surface area contributed by atoms with Crippen molar-refractivity contribution in [1.82, 2.24) is 14.7 Å². The molecule has 0 saturated carbocycles. The zero-order chi connectivity index (χ0) is 15.8. The normalized spacial score (nSPS) is 27.3. The van der Waals surface area contributed by atoms with Crippen LogP contribution in [0.15, 0.2) is 0 Å². The van der Waals surface area contributed by atoms with Crippen LogP contribution in [0.2, 0.25) is 0 Å². The molecule has 0 aromatic rings. The highest BCUT2D eigenvalue weighted by molar-refractivity contribution is 7.88. The fraction of sp³-hybridized carbons (Fsp3) is 0.727. The number of aliphatic carboxylic acids is 1. The second-order valence-corrected chi connectivity index (χ2v) is 6.96. The Hall–Kier alpha value is -1.68. The van der Waals surface area contributed by atoms with E-state index >= 15 is 0 Å². The fourth-order valence-corrected chi connectivity index (χ4v) is 3.36. The number of carboxylic acids is 1. The predicted octanol–water partition coefficient (Wildman–Crippen LogP) is -1.48. The number of nitrogens with zero attached hydrogens (tertiary/aromatic N) is 2. The number of carboxylic acid groups (broad SMARTS) is 1. The van der Waals surface area contributed by atoms with Gasteiger partial charge in [0.2, 0.25) is 15.9 Å². The molecule has 2 atom stereocenters. The van der Waals surface area contributed by atoms with Crippen molar-refractivity contribution in [2.75, 3.05) is 12.8 Å². The van der Waals surface area contributed by atoms with Crippen LogP contribution in [0.3, 0.4) is 0 Å². The second-order valence-electron chi connectivity index (χ2n) is 5.18. The third-order valence-electron chi connectivity index (χ3n) is 3.50. The molecule has 2 N–H and O–H groups in total. The second kappa shape index (κ2) is 5.60. The molecule has 0 aromatic heterocycles. The Balaban J connectivity index is 2.35. The maximum Gasteiger partial charge on any atom is 0.328 e. The number of nitrogens with one attached hydrogen (secondary N) is 1. The maximum atomic E-state index is 12.5. The van der Waals surface area contributed by atoms with Crippen LogP contribution < -0.4 is 4.72 Å². The summed E-state index contributed by atoms with van der Waals surface area (Å²) in [5, 5.41) is 11.3. The summed E-state index contributed by atoms with van der Waals surface area (Å²) in [7, 11) is -3.64. The molecule has 2 fully saturated rings. The van der Waals surface area contributed by atoms with Crippen LogP contribution in [-0.4, -0.2) is 66.2 Å². The Labute approximate surface area is 121 Å². The van der Waals surface area contributed by atoms with Crippen LogP contribution in [0, 0.1) is 0 Å². The summed E-state index contributed by atoms with van der Waals surface area (Å²) < 4.78 is 24.8. The van der Waals surface area contributed by atoms with Gasteiger partial charge in [0, 0.05) is 13.0 Å². The van der Waals surface area contributed by atoms with Crippen molar-refractivity contribution in [3.05, 3.63) is 0 Å². The van der Waals surface area contributed by atoms with E-state index in [4.69, 9.17) is 0 Å². The number of fused-ring (bicyclic) bond motifs is 1. The van der Waals surface area contributed by atoms with E-state index in [1.807, 2.05) is 0 Å². The van der Waals surface area contributed by atoms with E-state index in [0.29, 0.717) is 6.42 Å². The molecular formula is C11H17N3O6S. The molecule has 0 spiro atoms. The third kappa shape index (κ3) is 3.32. The van der Waals surface area contributed by atoms with Gasteiger partial charge in [0.15, 0.2) is 6.04 Å². The molecule has 10 heteroatoms. The highest BCUT2D eigenvalue weighted by Gasteiger charge is 2.44. The summed E-state index contributed by atoms with van der Waals surface area (Å²) >= 11 is 0. The Bertz CT molecular complexity index is 575. The molecule has 2 aliphatic rings. The number of hydrogen-bond donors (Lipinski definition) is 2. The minimum Gasteiger partial charge on any atom is -0.480 e. The predicted molar refractivity (Wildman–Crippen MR) is 70.2 cm³/mol. The van der Waals surface area contributed by atoms with Gasteiger partial charge in [-0.25, -0.2) is 22.9 Å². The lowest BCUT2D eigenvalue weighted by molar-refractivity contribution is -0.180. The molecule has 2 aliphatic heterocycles. The zero-order valence-corrected chi connectivity index (χ0v) is 12.3. The summed E-state index contributed by atoms with van der Waals surface area (Å²) in [6, 6.07) is -2.26. The molecule has 2 amide bonds. The quantitative estimate of drug-likeness (QED) is 0.653. The van der Waals surface area contributed by atoms with Crippen LogP contribution in [0.5, 0.6) is 0 Å². The lowest BCUT2D eigenvalue weighted by Crippen LogP contribution is -2.62. The van der Waals surface area contributed by atoms with Gasteiger partial charge >= 0.3 is 5.97 Å². The van der Waals surface area contributed by atoms with Crippen molar-refractivity contribution in [3.63, 3.8) is 0 Å². The highest BCUT2D eigenvalue weighted by atomic mass is 32.2. The van der Waals surface area contributed by atoms with Crippen LogP contribution >= 0.6 is 0 Å². The van der Waals surface area contributed by atoms with Crippen LogP contribution in [-0.2, 0) is 24.4 Å². The van der Waals surface area contributed by atoms with Gasteiger partial charge in [-0.15, -0.1) is 0 Å². The SMILES string of the molecule is CS(=O)(=O)N[C@H]1CCC(=O)N2CCC[C@@H](C(=O)O)N2C1=O. The molecule has 0 aliphatic carbocycles. The van der Waals surface area contributed by atoms with E-state index < -0.39 is 34.0 Å². The molecule has 2 saturated heterocycles. The van der Waals surface area contributed by atoms with Crippen molar-refractivity contribution < 1.29 is 27.9 Å². The van der Waals surface area contributed by atoms with Crippen molar-refractivity contribution >= 4 is 27.8 Å². The fourth-order valence-electron chi connectivity index (χ4n) is 2.63. The molecule has 118 valence electrons. The summed E-state index contributed by atoms with van der Waals surface area (Å²) in [5.41, 5.74) is 0. The highest BCUT2D eigenvalue weighted by Crippen LogP contribution is 2.24. The van der Waals surface area contributed by atoms with E-state index in [2.05, 4.69) is 4.72 Å². The summed E-state index contributed by atoms with van der Waals surface area (Å²) in [6.07, 6.45) is 1.63. The van der Waals surface area contributed by atoms with Crippen molar-refractivity contribution in [3.8, 4) is 0 Å². The molecule has 0 bridgehead atoms. The lowest BCUT2D eigenvalue weighted by atomic mass is 10.1. The minimum atomic E-state index is -3.64. The molecule has 2 rings (SSSR count). The van der Waals surface area contributed by atoms with Gasteiger partial charge < -0.3 is 5.11 Å². The summed E-state index contributed by atoms with van der Waals surface area (Å²) in [4.78, 5) is 35.8. The summed E-state index contributed by atoms with van der Waals surface area (Å²) in [5.74, 6) is -2.27. The molecule has 0 aromatic carbocycles. The largest absolute Gasteiger partial charge is 0.480 e. The van der Waals surface area contributed by atoms with Gasteiger partial charge in [0.05, 0.1) is 6.26 Å². The number of hydrazine groups is 1.